The fourth-order valence-electron chi connectivity index (χ4n) is 1.82. The van der Waals surface area contributed by atoms with E-state index in [2.05, 4.69) is 4.74 Å². The predicted octanol–water partition coefficient (Wildman–Crippen LogP) is 2.91. The molecule has 0 aliphatic carbocycles. The molecule has 0 fully saturated rings. The number of carbonyl (C=O) groups is 3. The molecule has 0 aliphatic rings. The van der Waals surface area contributed by atoms with Crippen LogP contribution < -0.4 is 10.1 Å². The van der Waals surface area contributed by atoms with Gasteiger partial charge < -0.3 is 14.2 Å². The summed E-state index contributed by atoms with van der Waals surface area (Å²) in [5.41, 5.74) is 0.254. The highest BCUT2D eigenvalue weighted by Gasteiger charge is 2.13. The largest absolute Gasteiger partial charge is 0.457 e. The number of esters is 1. The molecule has 0 atom stereocenters. The average molecular weight is 343 g/mol. The molecule has 25 heavy (non-hydrogen) atoms. The third kappa shape index (κ3) is 5.98. The Kier molecular flexibility index (Phi) is 6.53. The Labute approximate surface area is 144 Å². The van der Waals surface area contributed by atoms with Gasteiger partial charge in [-0.2, -0.15) is 0 Å². The van der Waals surface area contributed by atoms with Crippen molar-refractivity contribution < 1.29 is 28.6 Å². The number of imide groups is 1. The first-order chi connectivity index (χ1) is 12.1. The first-order valence-corrected chi connectivity index (χ1v) is 7.55. The summed E-state index contributed by atoms with van der Waals surface area (Å²) in [5, 5.41) is 1.93. The number of hydrogen-bond acceptors (Lipinski definition) is 6. The minimum atomic E-state index is -0.883. The van der Waals surface area contributed by atoms with E-state index in [-0.39, 0.29) is 12.2 Å². The van der Waals surface area contributed by atoms with Crippen molar-refractivity contribution in [1.82, 2.24) is 5.32 Å². The molecule has 7 heteroatoms. The van der Waals surface area contributed by atoms with E-state index in [9.17, 15) is 14.4 Å². The van der Waals surface area contributed by atoms with Crippen LogP contribution in [0, 0.1) is 0 Å². The van der Waals surface area contributed by atoms with Gasteiger partial charge in [0.1, 0.15) is 11.5 Å². The second-order valence-electron chi connectivity index (χ2n) is 4.78. The molecule has 0 spiro atoms. The van der Waals surface area contributed by atoms with Crippen LogP contribution in [0.2, 0.25) is 0 Å². The zero-order valence-electron chi connectivity index (χ0n) is 13.6. The summed E-state index contributed by atoms with van der Waals surface area (Å²) in [4.78, 5) is 34.3. The molecule has 0 bridgehead atoms. The molecule has 2 aromatic carbocycles. The van der Waals surface area contributed by atoms with Crippen LogP contribution in [0.1, 0.15) is 17.3 Å². The smallest absolute Gasteiger partial charge is 0.413 e. The summed E-state index contributed by atoms with van der Waals surface area (Å²) in [6.45, 7) is 1.16. The highest BCUT2D eigenvalue weighted by Crippen LogP contribution is 2.21. The molecule has 1 N–H and O–H groups in total. The highest BCUT2D eigenvalue weighted by atomic mass is 16.6. The summed E-state index contributed by atoms with van der Waals surface area (Å²) >= 11 is 0. The summed E-state index contributed by atoms with van der Waals surface area (Å²) in [6, 6.07) is 15.5. The monoisotopic (exact) mass is 343 g/mol. The van der Waals surface area contributed by atoms with E-state index in [0.717, 1.165) is 0 Å². The van der Waals surface area contributed by atoms with Gasteiger partial charge in [-0.15, -0.1) is 0 Å². The maximum Gasteiger partial charge on any atom is 0.413 e. The van der Waals surface area contributed by atoms with Crippen LogP contribution in [0.3, 0.4) is 0 Å². The van der Waals surface area contributed by atoms with Gasteiger partial charge in [0.25, 0.3) is 5.91 Å². The highest BCUT2D eigenvalue weighted by molar-refractivity contribution is 5.95. The number of benzene rings is 2. The van der Waals surface area contributed by atoms with E-state index < -0.39 is 24.6 Å². The molecule has 0 unspecified atom stereocenters. The SMILES string of the molecule is CCOC(=O)NC(=O)COC(=O)c1ccc(Oc2ccccc2)cc1. The maximum absolute atomic E-state index is 11.9. The van der Waals surface area contributed by atoms with Crippen molar-refractivity contribution in [3.63, 3.8) is 0 Å². The van der Waals surface area contributed by atoms with Gasteiger partial charge in [-0.1, -0.05) is 18.2 Å². The third-order valence-corrected chi connectivity index (χ3v) is 2.92. The summed E-state index contributed by atoms with van der Waals surface area (Å²) in [7, 11) is 0. The van der Waals surface area contributed by atoms with Gasteiger partial charge >= 0.3 is 12.1 Å². The molecule has 0 saturated heterocycles. The molecule has 2 rings (SSSR count). The van der Waals surface area contributed by atoms with Crippen LogP contribution in [0.15, 0.2) is 54.6 Å². The lowest BCUT2D eigenvalue weighted by Crippen LogP contribution is -2.34. The molecule has 2 aromatic rings. The van der Waals surface area contributed by atoms with Crippen LogP contribution >= 0.6 is 0 Å². The van der Waals surface area contributed by atoms with E-state index in [0.29, 0.717) is 11.5 Å². The first kappa shape index (κ1) is 18.0. The van der Waals surface area contributed by atoms with E-state index in [1.165, 1.54) is 12.1 Å². The topological polar surface area (TPSA) is 90.9 Å². The van der Waals surface area contributed by atoms with Gasteiger partial charge in [-0.3, -0.25) is 10.1 Å². The lowest BCUT2D eigenvalue weighted by Gasteiger charge is -2.07. The lowest BCUT2D eigenvalue weighted by molar-refractivity contribution is -0.123. The lowest BCUT2D eigenvalue weighted by atomic mass is 10.2. The van der Waals surface area contributed by atoms with E-state index in [1.54, 1.807) is 19.1 Å². The zero-order valence-corrected chi connectivity index (χ0v) is 13.6. The number of rotatable bonds is 6. The Hall–Kier alpha value is -3.35. The Balaban J connectivity index is 1.84. The second-order valence-corrected chi connectivity index (χ2v) is 4.78. The van der Waals surface area contributed by atoms with Crippen LogP contribution in [0.25, 0.3) is 0 Å². The van der Waals surface area contributed by atoms with Crippen LogP contribution in [0.4, 0.5) is 4.79 Å². The van der Waals surface area contributed by atoms with Gasteiger partial charge in [0.2, 0.25) is 0 Å². The second kappa shape index (κ2) is 9.07. The molecule has 130 valence electrons. The molecule has 0 aromatic heterocycles. The van der Waals surface area contributed by atoms with Crippen molar-refractivity contribution in [3.05, 3.63) is 60.2 Å². The van der Waals surface area contributed by atoms with Crippen molar-refractivity contribution in [3.8, 4) is 11.5 Å². The Morgan fingerprint density at radius 1 is 0.880 bits per heavy atom. The standard InChI is InChI=1S/C18H17NO6/c1-2-23-18(22)19-16(20)12-24-17(21)13-8-10-15(11-9-13)25-14-6-4-3-5-7-14/h3-11H,2,12H2,1H3,(H,19,20,22). The zero-order chi connectivity index (χ0) is 18.1. The molecule has 7 nitrogen and oxygen atoms in total. The minimum Gasteiger partial charge on any atom is -0.457 e. The van der Waals surface area contributed by atoms with Crippen molar-refractivity contribution in [2.75, 3.05) is 13.2 Å². The average Bonchev–Trinajstić information content (AvgIpc) is 2.61. The summed E-state index contributed by atoms with van der Waals surface area (Å²) < 4.78 is 15.0. The van der Waals surface area contributed by atoms with Crippen LogP contribution in [0.5, 0.6) is 11.5 Å². The molecule has 2 amide bonds. The van der Waals surface area contributed by atoms with E-state index in [4.69, 9.17) is 9.47 Å². The van der Waals surface area contributed by atoms with Gasteiger partial charge in [-0.05, 0) is 43.3 Å². The fraction of sp³-hybridized carbons (Fsp3) is 0.167. The van der Waals surface area contributed by atoms with E-state index >= 15 is 0 Å². The fourth-order valence-corrected chi connectivity index (χ4v) is 1.82. The molecule has 0 saturated carbocycles. The Morgan fingerprint density at radius 2 is 1.52 bits per heavy atom. The maximum atomic E-state index is 11.9. The van der Waals surface area contributed by atoms with Crippen LogP contribution in [-0.2, 0) is 14.3 Å². The van der Waals surface area contributed by atoms with Crippen molar-refractivity contribution in [2.24, 2.45) is 0 Å². The van der Waals surface area contributed by atoms with E-state index in [1.807, 2.05) is 35.6 Å². The summed E-state index contributed by atoms with van der Waals surface area (Å²) in [6.07, 6.45) is -0.883. The normalized spacial score (nSPS) is 9.80. The Morgan fingerprint density at radius 3 is 2.16 bits per heavy atom. The molecular weight excluding hydrogens is 326 g/mol. The summed E-state index contributed by atoms with van der Waals surface area (Å²) in [5.74, 6) is -0.225. The quantitative estimate of drug-likeness (QED) is 0.811. The number of para-hydroxylation sites is 1. The predicted molar refractivity (Wildman–Crippen MR) is 88.4 cm³/mol. The number of carbonyl (C=O) groups excluding carboxylic acids is 3. The van der Waals surface area contributed by atoms with Crippen molar-refractivity contribution in [1.29, 1.82) is 0 Å². The third-order valence-electron chi connectivity index (χ3n) is 2.92. The van der Waals surface area contributed by atoms with Gasteiger partial charge in [0, 0.05) is 0 Å². The minimum absolute atomic E-state index is 0.135. The van der Waals surface area contributed by atoms with Crippen molar-refractivity contribution >= 4 is 18.0 Å². The molecular formula is C18H17NO6. The molecule has 0 heterocycles. The number of alkyl carbamates (subject to hydrolysis) is 1. The number of amides is 2. The number of ether oxygens (including phenoxy) is 3. The van der Waals surface area contributed by atoms with Gasteiger partial charge in [0.05, 0.1) is 12.2 Å². The number of hydrogen-bond donors (Lipinski definition) is 1. The number of nitrogens with one attached hydrogen (secondary N) is 1. The molecule has 0 radical (unpaired) electrons. The van der Waals surface area contributed by atoms with Crippen molar-refractivity contribution in [2.45, 2.75) is 6.92 Å². The first-order valence-electron chi connectivity index (χ1n) is 7.55. The van der Waals surface area contributed by atoms with Crippen LogP contribution in [-0.4, -0.2) is 31.2 Å². The Bertz CT molecular complexity index is 727. The van der Waals surface area contributed by atoms with Gasteiger partial charge in [0.15, 0.2) is 6.61 Å². The van der Waals surface area contributed by atoms with Gasteiger partial charge in [-0.25, -0.2) is 9.59 Å². The molecule has 0 aliphatic heterocycles.